The van der Waals surface area contributed by atoms with Crippen LogP contribution in [0.5, 0.6) is 0 Å². The molecule has 0 saturated carbocycles. The number of amides is 1. The molecule has 0 radical (unpaired) electrons. The van der Waals surface area contributed by atoms with Crippen LogP contribution >= 0.6 is 15.6 Å². The van der Waals surface area contributed by atoms with E-state index >= 15 is 0 Å². The lowest BCUT2D eigenvalue weighted by Crippen LogP contribution is -2.53. The fraction of sp³-hybridized carbons (Fsp3) is 0.880. The van der Waals surface area contributed by atoms with Gasteiger partial charge in [-0.3, -0.25) is 24.0 Å². The number of hydrogen-bond acceptors (Lipinski definition) is 10. The second kappa shape index (κ2) is 15.5. The number of ether oxygens (including phenoxy) is 2. The molecule has 6 N–H and O–H groups in total. The minimum absolute atomic E-state index is 0.154. The smallest absolute Gasteiger partial charge is 0.464 e. The summed E-state index contributed by atoms with van der Waals surface area (Å²) in [4.78, 5) is 74.9. The van der Waals surface area contributed by atoms with Gasteiger partial charge in [-0.15, -0.1) is 0 Å². The molecule has 0 heterocycles. The van der Waals surface area contributed by atoms with Crippen LogP contribution in [0.3, 0.4) is 0 Å². The lowest BCUT2D eigenvalue weighted by Gasteiger charge is -2.36. The molecule has 0 aliphatic rings. The number of carbonyl (C=O) groups excluding carboxylic acids is 3. The zero-order valence-electron chi connectivity index (χ0n) is 26.3. The van der Waals surface area contributed by atoms with Gasteiger partial charge in [0.05, 0.1) is 19.8 Å². The fourth-order valence-electron chi connectivity index (χ4n) is 3.72. The van der Waals surface area contributed by atoms with Crippen LogP contribution in [-0.2, 0) is 42.0 Å². The molecule has 0 bridgehead atoms. The van der Waals surface area contributed by atoms with Gasteiger partial charge >= 0.3 is 27.6 Å². The van der Waals surface area contributed by atoms with E-state index in [1.165, 1.54) is 0 Å². The van der Waals surface area contributed by atoms with Crippen LogP contribution in [0.1, 0.15) is 88.5 Å². The number of hydrogen-bond donors (Lipinski definition) is 6. The summed E-state index contributed by atoms with van der Waals surface area (Å²) in [5.41, 5.74) is -3.41. The first kappa shape index (κ1) is 40.6. The molecule has 0 aromatic heterocycles. The molecule has 0 spiro atoms. The summed E-state index contributed by atoms with van der Waals surface area (Å²) in [5.74, 6) is -2.32. The van der Waals surface area contributed by atoms with Gasteiger partial charge in [0.25, 0.3) is 0 Å². The third-order valence-electron chi connectivity index (χ3n) is 6.53. The van der Waals surface area contributed by atoms with E-state index in [0.29, 0.717) is 12.8 Å². The Morgan fingerprint density at radius 1 is 0.762 bits per heavy atom. The molecule has 0 aliphatic carbocycles. The SMILES string of the molecule is CCC(C)(C)NC(COP(=O)(O)O)C(=O)OC(C)(C)CC(C)(C)COC(=O)C(COP(=O)(O)O)NC(=O)C(C)(C)CC. The summed E-state index contributed by atoms with van der Waals surface area (Å²) in [7, 11) is -9.80. The largest absolute Gasteiger partial charge is 0.469 e. The van der Waals surface area contributed by atoms with E-state index in [0.717, 1.165) is 0 Å². The molecule has 17 heteroatoms. The summed E-state index contributed by atoms with van der Waals surface area (Å²) < 4.78 is 42.5. The highest BCUT2D eigenvalue weighted by Gasteiger charge is 2.38. The van der Waals surface area contributed by atoms with Crippen LogP contribution in [0.2, 0.25) is 0 Å². The highest BCUT2D eigenvalue weighted by atomic mass is 31.2. The van der Waals surface area contributed by atoms with Crippen LogP contribution in [0.25, 0.3) is 0 Å². The lowest BCUT2D eigenvalue weighted by molar-refractivity contribution is -0.166. The monoisotopic (exact) mass is 648 g/mol. The average Bonchev–Trinajstić information content (AvgIpc) is 2.80. The van der Waals surface area contributed by atoms with E-state index in [1.807, 2.05) is 6.92 Å². The number of nitrogens with one attached hydrogen (secondary N) is 2. The quantitative estimate of drug-likeness (QED) is 0.0874. The van der Waals surface area contributed by atoms with Crippen molar-refractivity contribution in [3.8, 4) is 0 Å². The molecule has 15 nitrogen and oxygen atoms in total. The summed E-state index contributed by atoms with van der Waals surface area (Å²) >= 11 is 0. The molecule has 1 amide bonds. The maximum Gasteiger partial charge on any atom is 0.469 e. The van der Waals surface area contributed by atoms with E-state index in [1.54, 1.807) is 62.3 Å². The molecule has 2 unspecified atom stereocenters. The van der Waals surface area contributed by atoms with E-state index in [4.69, 9.17) is 29.0 Å². The first-order chi connectivity index (χ1) is 18.6. The van der Waals surface area contributed by atoms with Crippen molar-refractivity contribution in [1.29, 1.82) is 0 Å². The second-order valence-corrected chi connectivity index (χ2v) is 15.4. The molecule has 0 rings (SSSR count). The Labute approximate surface area is 248 Å². The summed E-state index contributed by atoms with van der Waals surface area (Å²) in [6.07, 6.45) is 1.17. The predicted molar refractivity (Wildman–Crippen MR) is 153 cm³/mol. The van der Waals surface area contributed by atoms with Crippen molar-refractivity contribution >= 4 is 33.5 Å². The molecule has 0 aromatic carbocycles. The highest BCUT2D eigenvalue weighted by Crippen LogP contribution is 2.37. The van der Waals surface area contributed by atoms with Crippen LogP contribution in [0, 0.1) is 10.8 Å². The molecule has 0 aliphatic heterocycles. The standard InChI is InChI=1S/C25H50N2O13P2/c1-11-23(5,6)21(30)26-17(13-38-41(31,32)33)19(28)37-16-22(3,4)15-25(9,10)40-20(29)18(14-39-42(34,35)36)27-24(7,8)12-2/h17-18,27H,11-16H2,1-10H3,(H,26,30)(H2,31,32,33)(H2,34,35,36). The van der Waals surface area contributed by atoms with Gasteiger partial charge in [-0.25, -0.2) is 13.9 Å². The lowest BCUT2D eigenvalue weighted by atomic mass is 9.82. The highest BCUT2D eigenvalue weighted by molar-refractivity contribution is 7.46. The molecule has 42 heavy (non-hydrogen) atoms. The molecule has 248 valence electrons. The summed E-state index contributed by atoms with van der Waals surface area (Å²) in [5, 5.41) is 5.42. The Morgan fingerprint density at radius 3 is 1.67 bits per heavy atom. The molecule has 0 aromatic rings. The van der Waals surface area contributed by atoms with Crippen molar-refractivity contribution in [3.63, 3.8) is 0 Å². The van der Waals surface area contributed by atoms with E-state index in [-0.39, 0.29) is 13.0 Å². The topological polar surface area (TPSA) is 227 Å². The Hall–Kier alpha value is -1.41. The van der Waals surface area contributed by atoms with Crippen molar-refractivity contribution in [3.05, 3.63) is 0 Å². The fourth-order valence-corrected chi connectivity index (χ4v) is 4.41. The number of phosphoric ester groups is 2. The van der Waals surface area contributed by atoms with E-state index in [9.17, 15) is 23.5 Å². The van der Waals surface area contributed by atoms with Gasteiger partial charge in [-0.05, 0) is 47.0 Å². The van der Waals surface area contributed by atoms with Crippen molar-refractivity contribution in [2.45, 2.75) is 112 Å². The third kappa shape index (κ3) is 17.0. The van der Waals surface area contributed by atoms with Crippen LogP contribution in [0.4, 0.5) is 0 Å². The van der Waals surface area contributed by atoms with Crippen LogP contribution < -0.4 is 10.6 Å². The summed E-state index contributed by atoms with van der Waals surface area (Å²) in [6.45, 7) is 15.5. The van der Waals surface area contributed by atoms with Gasteiger partial charge in [0.2, 0.25) is 5.91 Å². The normalized spacial score (nSPS) is 15.1. The Bertz CT molecular complexity index is 1020. The maximum atomic E-state index is 13.1. The van der Waals surface area contributed by atoms with Gasteiger partial charge in [-0.1, -0.05) is 41.5 Å². The van der Waals surface area contributed by atoms with Gasteiger partial charge < -0.3 is 34.4 Å². The number of carbonyl (C=O) groups is 3. The minimum atomic E-state index is -4.95. The molecular weight excluding hydrogens is 598 g/mol. The van der Waals surface area contributed by atoms with E-state index in [2.05, 4.69) is 19.7 Å². The first-order valence-corrected chi connectivity index (χ1v) is 16.6. The van der Waals surface area contributed by atoms with Crippen molar-refractivity contribution in [2.24, 2.45) is 10.8 Å². The predicted octanol–water partition coefficient (Wildman–Crippen LogP) is 2.55. The minimum Gasteiger partial charge on any atom is -0.464 e. The average molecular weight is 649 g/mol. The van der Waals surface area contributed by atoms with Crippen LogP contribution in [-0.4, -0.2) is 80.5 Å². The Balaban J connectivity index is 5.55. The van der Waals surface area contributed by atoms with Crippen LogP contribution in [0.15, 0.2) is 0 Å². The van der Waals surface area contributed by atoms with E-state index < -0.39 is 80.8 Å². The molecule has 0 saturated heterocycles. The molecule has 2 atom stereocenters. The summed E-state index contributed by atoms with van der Waals surface area (Å²) in [6, 6.07) is -2.70. The van der Waals surface area contributed by atoms with Crippen molar-refractivity contribution < 1.29 is 61.6 Å². The number of rotatable bonds is 19. The zero-order valence-corrected chi connectivity index (χ0v) is 28.0. The van der Waals surface area contributed by atoms with Gasteiger partial charge in [0.1, 0.15) is 11.6 Å². The third-order valence-corrected chi connectivity index (χ3v) is 7.50. The van der Waals surface area contributed by atoms with Gasteiger partial charge in [-0.2, -0.15) is 0 Å². The maximum absolute atomic E-state index is 13.1. The zero-order chi connectivity index (χ0) is 33.4. The van der Waals surface area contributed by atoms with Gasteiger partial charge in [0.15, 0.2) is 6.04 Å². The Kier molecular flexibility index (Phi) is 15.0. The van der Waals surface area contributed by atoms with Crippen molar-refractivity contribution in [1.82, 2.24) is 10.6 Å². The Morgan fingerprint density at radius 2 is 1.24 bits per heavy atom. The number of phosphoric acid groups is 2. The second-order valence-electron chi connectivity index (χ2n) is 12.9. The number of esters is 2. The molecule has 0 fully saturated rings. The van der Waals surface area contributed by atoms with Crippen molar-refractivity contribution in [2.75, 3.05) is 19.8 Å². The van der Waals surface area contributed by atoms with Gasteiger partial charge in [0, 0.05) is 16.4 Å². The first-order valence-electron chi connectivity index (χ1n) is 13.5. The molecular formula is C25H50N2O13P2.